The highest BCUT2D eigenvalue weighted by molar-refractivity contribution is 6.23. The number of esters is 1. The molecule has 5 nitrogen and oxygen atoms in total. The van der Waals surface area contributed by atoms with Crippen molar-refractivity contribution in [3.63, 3.8) is 0 Å². The summed E-state index contributed by atoms with van der Waals surface area (Å²) in [7, 11) is 1.36. The molecule has 0 saturated heterocycles. The number of benzene rings is 4. The average molecular weight is 488 g/mol. The molecule has 4 aromatic carbocycles. The van der Waals surface area contributed by atoms with Gasteiger partial charge in [-0.2, -0.15) is 0 Å². The molecular formula is C32H25NO4. The highest BCUT2D eigenvalue weighted by atomic mass is 16.5. The van der Waals surface area contributed by atoms with Gasteiger partial charge < -0.3 is 14.8 Å². The van der Waals surface area contributed by atoms with Crippen LogP contribution in [0.3, 0.4) is 0 Å². The first-order chi connectivity index (χ1) is 18.0. The van der Waals surface area contributed by atoms with Gasteiger partial charge in [0.1, 0.15) is 12.4 Å². The van der Waals surface area contributed by atoms with Crippen LogP contribution in [0.25, 0.3) is 16.5 Å². The zero-order chi connectivity index (χ0) is 25.5. The first kappa shape index (κ1) is 22.8. The van der Waals surface area contributed by atoms with E-state index in [0.29, 0.717) is 34.8 Å². The number of nitrogens with one attached hydrogen (secondary N) is 1. The van der Waals surface area contributed by atoms with Crippen molar-refractivity contribution < 1.29 is 19.1 Å². The Kier molecular flexibility index (Phi) is 5.61. The van der Waals surface area contributed by atoms with E-state index < -0.39 is 11.9 Å². The lowest BCUT2D eigenvalue weighted by Gasteiger charge is -2.29. The Balaban J connectivity index is 1.31. The number of Topliss-reactive ketones (excluding diaryl/α,β-unsaturated/α-hetero) is 1. The lowest BCUT2D eigenvalue weighted by molar-refractivity contribution is -0.136. The molecule has 0 spiro atoms. The molecule has 0 fully saturated rings. The lowest BCUT2D eigenvalue weighted by atomic mass is 9.80. The maximum atomic E-state index is 13.5. The van der Waals surface area contributed by atoms with Gasteiger partial charge in [-0.3, -0.25) is 4.79 Å². The van der Waals surface area contributed by atoms with Crippen LogP contribution in [0.4, 0.5) is 0 Å². The summed E-state index contributed by atoms with van der Waals surface area (Å²) in [6, 6.07) is 29.7. The van der Waals surface area contributed by atoms with E-state index in [1.807, 2.05) is 67.6 Å². The van der Waals surface area contributed by atoms with Gasteiger partial charge in [0.05, 0.1) is 18.4 Å². The van der Waals surface area contributed by atoms with Gasteiger partial charge in [0.25, 0.3) is 0 Å². The normalized spacial score (nSPS) is 16.4. The van der Waals surface area contributed by atoms with Crippen LogP contribution in [0.5, 0.6) is 5.75 Å². The minimum Gasteiger partial charge on any atom is -0.489 e. The van der Waals surface area contributed by atoms with Crippen LogP contribution in [-0.2, 0) is 16.1 Å². The number of carbonyl (C=O) groups is 2. The van der Waals surface area contributed by atoms with Crippen molar-refractivity contribution in [1.82, 2.24) is 5.32 Å². The number of ketones is 1. The van der Waals surface area contributed by atoms with Gasteiger partial charge in [-0.05, 0) is 47.0 Å². The number of hydrogen-bond donors (Lipinski definition) is 1. The Morgan fingerprint density at radius 3 is 2.32 bits per heavy atom. The van der Waals surface area contributed by atoms with Crippen LogP contribution in [0, 0.1) is 0 Å². The maximum Gasteiger partial charge on any atom is 0.336 e. The van der Waals surface area contributed by atoms with E-state index in [-0.39, 0.29) is 5.78 Å². The molecule has 0 radical (unpaired) electrons. The minimum atomic E-state index is -0.543. The zero-order valence-corrected chi connectivity index (χ0v) is 20.6. The minimum absolute atomic E-state index is 0.0753. The van der Waals surface area contributed by atoms with E-state index >= 15 is 0 Å². The van der Waals surface area contributed by atoms with Crippen molar-refractivity contribution >= 4 is 28.2 Å². The highest BCUT2D eigenvalue weighted by Crippen LogP contribution is 2.46. The number of methoxy groups -OCH3 is 1. The van der Waals surface area contributed by atoms with Crippen LogP contribution in [0.2, 0.25) is 0 Å². The van der Waals surface area contributed by atoms with E-state index in [2.05, 4.69) is 35.6 Å². The second kappa shape index (κ2) is 9.10. The predicted octanol–water partition coefficient (Wildman–Crippen LogP) is 6.16. The Hall–Kier alpha value is -4.64. The summed E-state index contributed by atoms with van der Waals surface area (Å²) in [5.74, 6) is -0.366. The number of fused-ring (bicyclic) bond motifs is 3. The summed E-state index contributed by atoms with van der Waals surface area (Å²) in [6.07, 6.45) is 0. The molecule has 5 heteroatoms. The second-order valence-electron chi connectivity index (χ2n) is 9.29. The Labute approximate surface area is 215 Å². The smallest absolute Gasteiger partial charge is 0.336 e. The number of rotatable bonds is 5. The van der Waals surface area contributed by atoms with Crippen LogP contribution in [0.15, 0.2) is 108 Å². The number of carbonyl (C=O) groups excluding carboxylic acids is 2. The molecule has 0 bridgehead atoms. The van der Waals surface area contributed by atoms with Gasteiger partial charge in [-0.25, -0.2) is 4.79 Å². The molecule has 0 aromatic heterocycles. The molecule has 1 aliphatic heterocycles. The van der Waals surface area contributed by atoms with Gasteiger partial charge in [0, 0.05) is 28.3 Å². The molecule has 1 atom stereocenters. The van der Waals surface area contributed by atoms with E-state index in [0.717, 1.165) is 22.4 Å². The fourth-order valence-corrected chi connectivity index (χ4v) is 5.29. The maximum absolute atomic E-state index is 13.5. The molecule has 1 aliphatic carbocycles. The summed E-state index contributed by atoms with van der Waals surface area (Å²) >= 11 is 0. The van der Waals surface area contributed by atoms with Crippen molar-refractivity contribution in [2.75, 3.05) is 7.11 Å². The van der Waals surface area contributed by atoms with E-state index in [1.165, 1.54) is 17.9 Å². The Morgan fingerprint density at radius 2 is 1.57 bits per heavy atom. The third-order valence-electron chi connectivity index (χ3n) is 7.09. The third kappa shape index (κ3) is 3.89. The summed E-state index contributed by atoms with van der Waals surface area (Å²) < 4.78 is 11.2. The van der Waals surface area contributed by atoms with Crippen LogP contribution >= 0.6 is 0 Å². The molecular weight excluding hydrogens is 462 g/mol. The van der Waals surface area contributed by atoms with Gasteiger partial charge >= 0.3 is 5.97 Å². The fraction of sp³-hybridized carbons (Fsp3) is 0.125. The molecule has 4 aromatic rings. The summed E-state index contributed by atoms with van der Waals surface area (Å²) in [6.45, 7) is 2.28. The van der Waals surface area contributed by atoms with Crippen molar-refractivity contribution in [2.24, 2.45) is 0 Å². The predicted molar refractivity (Wildman–Crippen MR) is 143 cm³/mol. The van der Waals surface area contributed by atoms with Gasteiger partial charge in [-0.15, -0.1) is 0 Å². The molecule has 1 N–H and O–H groups in total. The number of hydrogen-bond acceptors (Lipinski definition) is 5. The summed E-state index contributed by atoms with van der Waals surface area (Å²) in [4.78, 5) is 26.4. The van der Waals surface area contributed by atoms with Crippen molar-refractivity contribution in [1.29, 1.82) is 0 Å². The van der Waals surface area contributed by atoms with Gasteiger partial charge in [0.15, 0.2) is 5.78 Å². The molecule has 37 heavy (non-hydrogen) atoms. The first-order valence-corrected chi connectivity index (χ1v) is 12.2. The molecule has 0 unspecified atom stereocenters. The molecule has 0 saturated carbocycles. The molecule has 6 rings (SSSR count). The van der Waals surface area contributed by atoms with Crippen molar-refractivity contribution in [2.45, 2.75) is 19.4 Å². The van der Waals surface area contributed by atoms with Gasteiger partial charge in [0.2, 0.25) is 0 Å². The molecule has 0 amide bonds. The number of allylic oxidation sites excluding steroid dienone is 2. The van der Waals surface area contributed by atoms with Crippen molar-refractivity contribution in [3.05, 3.63) is 130 Å². The number of ether oxygens (including phenoxy) is 2. The summed E-state index contributed by atoms with van der Waals surface area (Å²) in [5, 5.41) is 5.67. The lowest BCUT2D eigenvalue weighted by Crippen LogP contribution is -2.29. The standard InChI is InChI=1S/C32H25NO4/c1-19-27(32(35)36-2)28(29-30(33-19)25-9-5-6-10-26(25)31(29)34)22-13-15-24(16-14-22)37-18-20-11-12-21-7-3-4-8-23(21)17-20/h3-17,28,33H,18H2,1-2H3/t28-/m0/s1. The quantitative estimate of drug-likeness (QED) is 0.342. The van der Waals surface area contributed by atoms with Crippen LogP contribution in [-0.4, -0.2) is 18.9 Å². The molecule has 1 heterocycles. The summed E-state index contributed by atoms with van der Waals surface area (Å²) in [5.41, 5.74) is 5.84. The Morgan fingerprint density at radius 1 is 0.865 bits per heavy atom. The second-order valence-corrected chi connectivity index (χ2v) is 9.29. The van der Waals surface area contributed by atoms with E-state index in [9.17, 15) is 9.59 Å². The average Bonchev–Trinajstić information content (AvgIpc) is 3.22. The van der Waals surface area contributed by atoms with Crippen molar-refractivity contribution in [3.8, 4) is 5.75 Å². The largest absolute Gasteiger partial charge is 0.489 e. The topological polar surface area (TPSA) is 64.6 Å². The third-order valence-corrected chi connectivity index (χ3v) is 7.09. The van der Waals surface area contributed by atoms with Gasteiger partial charge in [-0.1, -0.05) is 72.8 Å². The highest BCUT2D eigenvalue weighted by Gasteiger charge is 2.42. The monoisotopic (exact) mass is 487 g/mol. The number of dihydropyridines is 1. The zero-order valence-electron chi connectivity index (χ0n) is 20.6. The van der Waals surface area contributed by atoms with E-state index in [4.69, 9.17) is 9.47 Å². The molecule has 2 aliphatic rings. The van der Waals surface area contributed by atoms with Crippen LogP contribution < -0.4 is 10.1 Å². The van der Waals surface area contributed by atoms with Crippen LogP contribution in [0.1, 0.15) is 39.9 Å². The SMILES string of the molecule is COC(=O)C1=C(C)NC2=C(C(=O)c3ccccc32)[C@H]1c1ccc(OCc2ccc3ccccc3c2)cc1. The first-order valence-electron chi connectivity index (χ1n) is 12.2. The fourth-order valence-electron chi connectivity index (χ4n) is 5.29. The molecule has 182 valence electrons. The van der Waals surface area contributed by atoms with E-state index in [1.54, 1.807) is 0 Å². The Bertz CT molecular complexity index is 1630.